The first-order valence-corrected chi connectivity index (χ1v) is 11.0. The Morgan fingerprint density at radius 2 is 1.78 bits per heavy atom. The van der Waals surface area contributed by atoms with Crippen LogP contribution in [0.3, 0.4) is 0 Å². The molecule has 8 heteroatoms. The predicted molar refractivity (Wildman–Crippen MR) is 115 cm³/mol. The summed E-state index contributed by atoms with van der Waals surface area (Å²) in [4.78, 5) is 31.7. The van der Waals surface area contributed by atoms with E-state index in [0.29, 0.717) is 57.0 Å². The van der Waals surface area contributed by atoms with Crippen molar-refractivity contribution in [3.63, 3.8) is 0 Å². The fourth-order valence-electron chi connectivity index (χ4n) is 4.78. The largest absolute Gasteiger partial charge is 0.376 e. The highest BCUT2D eigenvalue weighted by Gasteiger charge is 2.40. The number of hydrogen-bond donors (Lipinski definition) is 0. The average molecular weight is 441 g/mol. The van der Waals surface area contributed by atoms with Gasteiger partial charge >= 0.3 is 0 Å². The van der Waals surface area contributed by atoms with Crippen molar-refractivity contribution >= 4 is 17.5 Å². The van der Waals surface area contributed by atoms with Crippen LogP contribution >= 0.6 is 0 Å². The maximum atomic E-state index is 13.5. The molecule has 2 aromatic carbocycles. The van der Waals surface area contributed by atoms with Crippen molar-refractivity contribution in [2.24, 2.45) is 0 Å². The van der Waals surface area contributed by atoms with Gasteiger partial charge in [0, 0.05) is 39.3 Å². The fourth-order valence-corrected chi connectivity index (χ4v) is 4.78. The van der Waals surface area contributed by atoms with E-state index in [2.05, 4.69) is 9.80 Å². The second-order valence-electron chi connectivity index (χ2n) is 8.57. The highest BCUT2D eigenvalue weighted by Crippen LogP contribution is 2.33. The number of fused-ring (bicyclic) bond motifs is 1. The van der Waals surface area contributed by atoms with Gasteiger partial charge in [-0.05, 0) is 42.7 Å². The Morgan fingerprint density at radius 3 is 2.50 bits per heavy atom. The molecular weight excluding hydrogens is 416 g/mol. The summed E-state index contributed by atoms with van der Waals surface area (Å²) in [7, 11) is 0. The summed E-state index contributed by atoms with van der Waals surface area (Å²) in [6.45, 7) is 4.28. The van der Waals surface area contributed by atoms with Gasteiger partial charge in [0.25, 0.3) is 11.8 Å². The van der Waals surface area contributed by atoms with Crippen LogP contribution in [0.15, 0.2) is 36.4 Å². The number of hydrogen-bond acceptors (Lipinski definition) is 5. The summed E-state index contributed by atoms with van der Waals surface area (Å²) in [5.74, 6) is -2.18. The normalized spacial score (nSPS) is 21.5. The van der Waals surface area contributed by atoms with E-state index in [1.54, 1.807) is 12.1 Å². The van der Waals surface area contributed by atoms with Gasteiger partial charge in [-0.25, -0.2) is 8.78 Å². The summed E-state index contributed by atoms with van der Waals surface area (Å²) in [5.41, 5.74) is 2.44. The van der Waals surface area contributed by atoms with Gasteiger partial charge in [0.2, 0.25) is 0 Å². The van der Waals surface area contributed by atoms with Crippen molar-refractivity contribution in [2.45, 2.75) is 25.5 Å². The molecule has 6 nitrogen and oxygen atoms in total. The first kappa shape index (κ1) is 21.0. The minimum atomic E-state index is -0.843. The number of piperazine rings is 1. The molecule has 2 fully saturated rings. The van der Waals surface area contributed by atoms with E-state index in [4.69, 9.17) is 4.74 Å². The number of rotatable bonds is 5. The predicted octanol–water partition coefficient (Wildman–Crippen LogP) is 3.06. The Balaban J connectivity index is 1.28. The fraction of sp³-hybridized carbons (Fsp3) is 0.417. The lowest BCUT2D eigenvalue weighted by molar-refractivity contribution is 0.0475. The molecule has 0 N–H and O–H groups in total. The van der Waals surface area contributed by atoms with Gasteiger partial charge in [0.05, 0.1) is 29.5 Å². The summed E-state index contributed by atoms with van der Waals surface area (Å²) in [5, 5.41) is 0. The van der Waals surface area contributed by atoms with E-state index < -0.39 is 11.6 Å². The number of halogens is 2. The molecule has 0 aliphatic carbocycles. The topological polar surface area (TPSA) is 53.1 Å². The van der Waals surface area contributed by atoms with E-state index in [0.717, 1.165) is 30.2 Å². The molecule has 0 aromatic heterocycles. The molecule has 3 aliphatic heterocycles. The number of amides is 2. The Kier molecular flexibility index (Phi) is 5.65. The number of imide groups is 1. The molecule has 0 saturated carbocycles. The molecule has 0 spiro atoms. The molecule has 2 aromatic rings. The highest BCUT2D eigenvalue weighted by molar-refractivity contribution is 6.23. The van der Waals surface area contributed by atoms with Crippen LogP contribution in [0, 0.1) is 11.6 Å². The molecule has 2 saturated heterocycles. The Hall–Kier alpha value is -2.84. The Bertz CT molecular complexity index is 1050. The maximum absolute atomic E-state index is 13.5. The lowest BCUT2D eigenvalue weighted by Crippen LogP contribution is -2.46. The summed E-state index contributed by atoms with van der Waals surface area (Å²) < 4.78 is 32.3. The summed E-state index contributed by atoms with van der Waals surface area (Å²) in [6, 6.07) is 9.42. The smallest absolute Gasteiger partial charge is 0.263 e. The lowest BCUT2D eigenvalue weighted by Gasteiger charge is -2.36. The maximum Gasteiger partial charge on any atom is 0.263 e. The van der Waals surface area contributed by atoms with Crippen LogP contribution in [0.5, 0.6) is 0 Å². The second kappa shape index (κ2) is 8.60. The third-order valence-electron chi connectivity index (χ3n) is 6.49. The summed E-state index contributed by atoms with van der Waals surface area (Å²) in [6.07, 6.45) is 1.73. The van der Waals surface area contributed by atoms with Crippen LogP contribution in [0.1, 0.15) is 39.1 Å². The number of benzene rings is 2. The van der Waals surface area contributed by atoms with Gasteiger partial charge in [-0.1, -0.05) is 12.1 Å². The SMILES string of the molecule is O=C1c2cccc(N3CCN(Cc4ccc(F)c(F)c4)CC3)c2C(=O)N1CC1CCCO1. The lowest BCUT2D eigenvalue weighted by atomic mass is 10.1. The monoisotopic (exact) mass is 441 g/mol. The molecule has 0 bridgehead atoms. The van der Waals surface area contributed by atoms with E-state index in [1.807, 2.05) is 12.1 Å². The second-order valence-corrected chi connectivity index (χ2v) is 8.57. The number of nitrogens with zero attached hydrogens (tertiary/aromatic N) is 3. The molecule has 32 heavy (non-hydrogen) atoms. The zero-order valence-corrected chi connectivity index (χ0v) is 17.7. The minimum absolute atomic E-state index is 0.0829. The zero-order valence-electron chi connectivity index (χ0n) is 17.7. The summed E-state index contributed by atoms with van der Waals surface area (Å²) >= 11 is 0. The molecule has 168 valence electrons. The standard InChI is InChI=1S/C24H25F2N3O3/c25-19-7-6-16(13-20(19)26)14-27-8-10-28(11-9-27)21-5-1-4-18-22(21)24(31)29(23(18)30)15-17-3-2-12-32-17/h1,4-7,13,17H,2-3,8-12,14-15H2. The Morgan fingerprint density at radius 1 is 0.969 bits per heavy atom. The number of carbonyl (C=O) groups excluding carboxylic acids is 2. The highest BCUT2D eigenvalue weighted by atomic mass is 19.2. The van der Waals surface area contributed by atoms with Gasteiger partial charge in [0.15, 0.2) is 11.6 Å². The van der Waals surface area contributed by atoms with Crippen molar-refractivity contribution in [1.82, 2.24) is 9.80 Å². The third-order valence-corrected chi connectivity index (χ3v) is 6.49. The number of carbonyl (C=O) groups is 2. The van der Waals surface area contributed by atoms with E-state index in [9.17, 15) is 18.4 Å². The van der Waals surface area contributed by atoms with Crippen LogP contribution in [0.25, 0.3) is 0 Å². The van der Waals surface area contributed by atoms with Crippen LogP contribution in [0.2, 0.25) is 0 Å². The van der Waals surface area contributed by atoms with E-state index in [1.165, 1.54) is 11.0 Å². The number of ether oxygens (including phenoxy) is 1. The zero-order chi connectivity index (χ0) is 22.2. The number of anilines is 1. The van der Waals surface area contributed by atoms with Crippen LogP contribution < -0.4 is 4.90 Å². The Labute approximate surface area is 185 Å². The van der Waals surface area contributed by atoms with E-state index in [-0.39, 0.29) is 17.9 Å². The van der Waals surface area contributed by atoms with Crippen LogP contribution in [0.4, 0.5) is 14.5 Å². The van der Waals surface area contributed by atoms with Gasteiger partial charge in [-0.3, -0.25) is 19.4 Å². The molecule has 1 unspecified atom stereocenters. The molecule has 0 radical (unpaired) electrons. The molecule has 2 amide bonds. The van der Waals surface area contributed by atoms with Crippen molar-refractivity contribution in [2.75, 3.05) is 44.2 Å². The molecular formula is C24H25F2N3O3. The van der Waals surface area contributed by atoms with Crippen LogP contribution in [-0.2, 0) is 11.3 Å². The average Bonchev–Trinajstić information content (AvgIpc) is 3.40. The van der Waals surface area contributed by atoms with Gasteiger partial charge in [0.1, 0.15) is 0 Å². The first-order chi connectivity index (χ1) is 15.5. The third kappa shape index (κ3) is 3.89. The van der Waals surface area contributed by atoms with Crippen molar-refractivity contribution in [1.29, 1.82) is 0 Å². The molecule has 3 aliphatic rings. The van der Waals surface area contributed by atoms with E-state index >= 15 is 0 Å². The van der Waals surface area contributed by atoms with Crippen molar-refractivity contribution < 1.29 is 23.1 Å². The van der Waals surface area contributed by atoms with Crippen molar-refractivity contribution in [3.8, 4) is 0 Å². The van der Waals surface area contributed by atoms with Crippen molar-refractivity contribution in [3.05, 3.63) is 64.7 Å². The van der Waals surface area contributed by atoms with Crippen LogP contribution in [-0.4, -0.2) is 67.0 Å². The minimum Gasteiger partial charge on any atom is -0.376 e. The molecule has 5 rings (SSSR count). The molecule has 3 heterocycles. The molecule has 1 atom stereocenters. The van der Waals surface area contributed by atoms with Gasteiger partial charge in [-0.2, -0.15) is 0 Å². The van der Waals surface area contributed by atoms with Gasteiger partial charge < -0.3 is 9.64 Å². The quantitative estimate of drug-likeness (QED) is 0.668. The van der Waals surface area contributed by atoms with Gasteiger partial charge in [-0.15, -0.1) is 0 Å². The first-order valence-electron chi connectivity index (χ1n) is 11.0.